The molecule has 0 radical (unpaired) electrons. The molecule has 1 aromatic carbocycles. The number of rotatable bonds is 5. The van der Waals surface area contributed by atoms with E-state index in [9.17, 15) is 18.0 Å². The number of aromatic nitrogens is 5. The quantitative estimate of drug-likeness (QED) is 0.430. The number of nitrogens with zero attached hydrogens (tertiary/aromatic N) is 5. The largest absolute Gasteiger partial charge is 0.392 e. The number of nitrogens with one attached hydrogen (secondary N) is 1. The van der Waals surface area contributed by atoms with Gasteiger partial charge in [-0.1, -0.05) is 31.2 Å². The maximum Gasteiger partial charge on any atom is 0.392 e. The number of aryl methyl sites for hydroxylation is 2. The van der Waals surface area contributed by atoms with E-state index in [0.29, 0.717) is 48.2 Å². The summed E-state index contributed by atoms with van der Waals surface area (Å²) in [6.45, 7) is 6.39. The van der Waals surface area contributed by atoms with Gasteiger partial charge < -0.3 is 9.88 Å². The Bertz CT molecular complexity index is 1430. The van der Waals surface area contributed by atoms with Gasteiger partial charge in [-0.2, -0.15) is 13.2 Å². The molecule has 1 aliphatic heterocycles. The number of alkyl halides is 3. The zero-order chi connectivity index (χ0) is 25.6. The van der Waals surface area contributed by atoms with Gasteiger partial charge in [-0.05, 0) is 37.8 Å². The number of carbonyl (C=O) groups excluding carboxylic acids is 1. The highest BCUT2D eigenvalue weighted by Crippen LogP contribution is 2.37. The molecule has 36 heavy (non-hydrogen) atoms. The van der Waals surface area contributed by atoms with Gasteiger partial charge in [0.2, 0.25) is 5.78 Å². The van der Waals surface area contributed by atoms with E-state index in [1.165, 1.54) is 0 Å². The van der Waals surface area contributed by atoms with Crippen LogP contribution in [-0.2, 0) is 25.9 Å². The van der Waals surface area contributed by atoms with Crippen molar-refractivity contribution in [2.75, 3.05) is 0 Å². The predicted octanol–water partition coefficient (Wildman–Crippen LogP) is 4.83. The van der Waals surface area contributed by atoms with Gasteiger partial charge in [-0.25, -0.2) is 15.0 Å². The van der Waals surface area contributed by atoms with Crippen LogP contribution in [0.3, 0.4) is 0 Å². The molecule has 7 nitrogen and oxygen atoms in total. The second-order valence-corrected chi connectivity index (χ2v) is 9.29. The Hall–Kier alpha value is -3.69. The summed E-state index contributed by atoms with van der Waals surface area (Å²) in [5.74, 6) is -0.595. The van der Waals surface area contributed by atoms with Crippen LogP contribution in [0.25, 0.3) is 17.0 Å². The van der Waals surface area contributed by atoms with E-state index in [1.54, 1.807) is 10.6 Å². The van der Waals surface area contributed by atoms with E-state index in [2.05, 4.69) is 20.3 Å². The molecule has 10 heteroatoms. The number of amides is 1. The van der Waals surface area contributed by atoms with Crippen molar-refractivity contribution in [3.8, 4) is 11.3 Å². The third-order valence-corrected chi connectivity index (χ3v) is 6.80. The number of imidazole rings is 2. The van der Waals surface area contributed by atoms with Gasteiger partial charge in [0.25, 0.3) is 5.91 Å². The van der Waals surface area contributed by atoms with E-state index in [-0.39, 0.29) is 18.7 Å². The van der Waals surface area contributed by atoms with Gasteiger partial charge in [0.05, 0.1) is 17.3 Å². The first kappa shape index (κ1) is 24.0. The Morgan fingerprint density at radius 3 is 2.61 bits per heavy atom. The van der Waals surface area contributed by atoms with E-state index in [0.717, 1.165) is 22.4 Å². The monoisotopic (exact) mass is 496 g/mol. The first-order valence-electron chi connectivity index (χ1n) is 12.0. The molecule has 1 unspecified atom stereocenters. The highest BCUT2D eigenvalue weighted by molar-refractivity contribution is 5.94. The molecule has 0 bridgehead atoms. The number of benzene rings is 1. The first-order chi connectivity index (χ1) is 17.2. The minimum absolute atomic E-state index is 0.0770. The molecule has 0 saturated carbocycles. The summed E-state index contributed by atoms with van der Waals surface area (Å²) < 4.78 is 43.2. The van der Waals surface area contributed by atoms with Crippen LogP contribution in [0.4, 0.5) is 13.2 Å². The number of hydrogen-bond acceptors (Lipinski definition) is 4. The van der Waals surface area contributed by atoms with E-state index in [1.807, 2.05) is 55.8 Å². The molecule has 0 fully saturated rings. The molecule has 4 aromatic rings. The lowest BCUT2D eigenvalue weighted by molar-refractivity contribution is -0.179. The summed E-state index contributed by atoms with van der Waals surface area (Å²) in [4.78, 5) is 26.4. The van der Waals surface area contributed by atoms with Crippen LogP contribution in [0.15, 0.2) is 36.7 Å². The molecule has 5 rings (SSSR count). The maximum atomic E-state index is 13.2. The molecule has 0 saturated heterocycles. The fraction of sp³-hybridized carbons (Fsp3) is 0.385. The van der Waals surface area contributed by atoms with Crippen LogP contribution in [0.5, 0.6) is 0 Å². The van der Waals surface area contributed by atoms with Gasteiger partial charge in [-0.15, -0.1) is 0 Å². The van der Waals surface area contributed by atoms with Gasteiger partial charge in [0, 0.05) is 43.2 Å². The van der Waals surface area contributed by atoms with E-state index in [4.69, 9.17) is 0 Å². The molecule has 1 aliphatic rings. The van der Waals surface area contributed by atoms with E-state index < -0.39 is 12.1 Å². The molecule has 1 N–H and O–H groups in total. The highest BCUT2D eigenvalue weighted by atomic mass is 19.4. The van der Waals surface area contributed by atoms with Crippen molar-refractivity contribution in [3.63, 3.8) is 0 Å². The lowest BCUT2D eigenvalue weighted by atomic mass is 9.97. The van der Waals surface area contributed by atoms with E-state index >= 15 is 0 Å². The van der Waals surface area contributed by atoms with Crippen molar-refractivity contribution in [2.45, 2.75) is 59.3 Å². The Balaban J connectivity index is 1.31. The predicted molar refractivity (Wildman–Crippen MR) is 129 cm³/mol. The van der Waals surface area contributed by atoms with Gasteiger partial charge in [0.15, 0.2) is 0 Å². The second kappa shape index (κ2) is 9.07. The van der Waals surface area contributed by atoms with Crippen molar-refractivity contribution < 1.29 is 18.0 Å². The third kappa shape index (κ3) is 4.36. The lowest BCUT2D eigenvalue weighted by Crippen LogP contribution is -2.31. The smallest absolute Gasteiger partial charge is 0.347 e. The topological polar surface area (TPSA) is 77.1 Å². The van der Waals surface area contributed by atoms with Gasteiger partial charge in [-0.3, -0.25) is 9.20 Å². The number of fused-ring (bicyclic) bond motifs is 2. The summed E-state index contributed by atoms with van der Waals surface area (Å²) in [5.41, 5.74) is 5.40. The van der Waals surface area contributed by atoms with Crippen LogP contribution in [-0.4, -0.2) is 36.0 Å². The van der Waals surface area contributed by atoms with Crippen molar-refractivity contribution in [2.24, 2.45) is 5.92 Å². The molecular formula is C26H27F3N6O. The van der Waals surface area contributed by atoms with Gasteiger partial charge >= 0.3 is 6.18 Å². The summed E-state index contributed by atoms with van der Waals surface area (Å²) in [5, 5.41) is 2.96. The van der Waals surface area contributed by atoms with Crippen molar-refractivity contribution in [1.82, 2.24) is 29.2 Å². The zero-order valence-corrected chi connectivity index (χ0v) is 20.4. The molecule has 1 amide bonds. The molecule has 1 atom stereocenters. The summed E-state index contributed by atoms with van der Waals surface area (Å²) in [6, 6.07) is 7.58. The Kier molecular flexibility index (Phi) is 6.05. The molecule has 188 valence electrons. The maximum absolute atomic E-state index is 13.2. The molecule has 0 spiro atoms. The fourth-order valence-electron chi connectivity index (χ4n) is 4.81. The Labute approximate surface area is 206 Å². The van der Waals surface area contributed by atoms with Crippen molar-refractivity contribution in [1.29, 1.82) is 0 Å². The summed E-state index contributed by atoms with van der Waals surface area (Å²) in [7, 11) is 0. The minimum Gasteiger partial charge on any atom is -0.347 e. The Morgan fingerprint density at radius 1 is 1.17 bits per heavy atom. The molecule has 4 heterocycles. The van der Waals surface area contributed by atoms with Crippen molar-refractivity contribution in [3.05, 3.63) is 70.7 Å². The normalized spacial score (nSPS) is 15.8. The van der Waals surface area contributed by atoms with Crippen molar-refractivity contribution >= 4 is 11.7 Å². The number of carbonyl (C=O) groups is 1. The minimum atomic E-state index is -4.20. The Morgan fingerprint density at radius 2 is 1.92 bits per heavy atom. The highest BCUT2D eigenvalue weighted by Gasteiger charge is 2.42. The lowest BCUT2D eigenvalue weighted by Gasteiger charge is -2.25. The average Bonchev–Trinajstić information content (AvgIpc) is 3.39. The number of halogens is 3. The molecular weight excluding hydrogens is 469 g/mol. The third-order valence-electron chi connectivity index (χ3n) is 6.80. The second-order valence-electron chi connectivity index (χ2n) is 9.29. The summed E-state index contributed by atoms with van der Waals surface area (Å²) >= 11 is 0. The van der Waals surface area contributed by atoms with Crippen LogP contribution < -0.4 is 5.32 Å². The summed E-state index contributed by atoms with van der Waals surface area (Å²) in [6.07, 6.45) is -0.0364. The SMILES string of the molecule is CCc1nc2ncc(C)cn2c1C(=O)NCc1ccc(-c2nc3n(c2C)CCC(C(F)(F)F)C3)cc1. The van der Waals surface area contributed by atoms with Gasteiger partial charge in [0.1, 0.15) is 11.5 Å². The molecule has 3 aromatic heterocycles. The molecule has 0 aliphatic carbocycles. The van der Waals surface area contributed by atoms with Crippen LogP contribution >= 0.6 is 0 Å². The standard InChI is InChI=1S/C26H27F3N6O/c1-4-20-23(35-14-15(2)12-31-25(35)32-20)24(36)30-13-17-5-7-18(8-6-17)22-16(3)34-10-9-19(26(27,28)29)11-21(34)33-22/h5-8,12,14,19H,4,9-11,13H2,1-3H3,(H,30,36). The first-order valence-corrected chi connectivity index (χ1v) is 12.0. The fourth-order valence-corrected chi connectivity index (χ4v) is 4.81. The van der Waals surface area contributed by atoms with Crippen LogP contribution in [0.1, 0.15) is 52.2 Å². The average molecular weight is 497 g/mol. The number of hydrogen-bond donors (Lipinski definition) is 1. The zero-order valence-electron chi connectivity index (χ0n) is 20.4. The van der Waals surface area contributed by atoms with Crippen LogP contribution in [0, 0.1) is 19.8 Å². The van der Waals surface area contributed by atoms with Crippen LogP contribution in [0.2, 0.25) is 0 Å².